The van der Waals surface area contributed by atoms with Crippen molar-refractivity contribution in [3.8, 4) is 0 Å². The quantitative estimate of drug-likeness (QED) is 0.231. The van der Waals surface area contributed by atoms with Crippen LogP contribution in [0, 0.1) is 0 Å². The number of carbonyl (C=O) groups is 4. The van der Waals surface area contributed by atoms with E-state index in [1.807, 2.05) is 0 Å². The number of hydrogen-bond donors (Lipinski definition) is 4. The second kappa shape index (κ2) is 14.8. The molecule has 33 heavy (non-hydrogen) atoms. The molecule has 2 heterocycles. The van der Waals surface area contributed by atoms with E-state index in [2.05, 4.69) is 37.7 Å². The number of piperazine rings is 1. The maximum atomic E-state index is 12.3. The smallest absolute Gasteiger partial charge is 0.303 e. The average Bonchev–Trinajstić information content (AvgIpc) is 3.19. The minimum absolute atomic E-state index is 0.0113. The summed E-state index contributed by atoms with van der Waals surface area (Å²) in [7, 11) is 2.15. The van der Waals surface area contributed by atoms with Crippen LogP contribution in [0.2, 0.25) is 0 Å². The number of rotatable bonds is 14. The first-order valence-electron chi connectivity index (χ1n) is 12.0. The molecule has 0 aromatic heterocycles. The zero-order chi connectivity index (χ0) is 24.1. The third kappa shape index (κ3) is 11.4. The molecule has 3 amide bonds. The monoisotopic (exact) mass is 468 g/mol. The number of carboxylic acids is 1. The Morgan fingerprint density at radius 3 is 2.06 bits per heavy atom. The van der Waals surface area contributed by atoms with Gasteiger partial charge in [-0.05, 0) is 32.9 Å². The lowest BCUT2D eigenvalue weighted by Crippen LogP contribution is -2.50. The summed E-state index contributed by atoms with van der Waals surface area (Å²) in [5, 5.41) is 16.6. The van der Waals surface area contributed by atoms with Crippen molar-refractivity contribution in [3.63, 3.8) is 0 Å². The molecule has 2 aliphatic rings. The molecule has 0 bridgehead atoms. The van der Waals surface area contributed by atoms with Gasteiger partial charge in [-0.15, -0.1) is 0 Å². The van der Waals surface area contributed by atoms with E-state index >= 15 is 0 Å². The number of aliphatic carboxylic acids is 1. The zero-order valence-electron chi connectivity index (χ0n) is 19.8. The normalized spacial score (nSPS) is 19.8. The number of amides is 3. The van der Waals surface area contributed by atoms with Crippen LogP contribution in [0.4, 0.5) is 0 Å². The van der Waals surface area contributed by atoms with E-state index in [0.29, 0.717) is 25.6 Å². The Morgan fingerprint density at radius 1 is 0.818 bits per heavy atom. The minimum atomic E-state index is -0.894. The Hall–Kier alpha value is -2.24. The Bertz CT molecular complexity index is 653. The van der Waals surface area contributed by atoms with Gasteiger partial charge in [0.1, 0.15) is 0 Å². The van der Waals surface area contributed by atoms with Crippen LogP contribution in [0.1, 0.15) is 38.5 Å². The molecular formula is C22H40N6O5. The van der Waals surface area contributed by atoms with Crippen molar-refractivity contribution in [2.24, 2.45) is 0 Å². The van der Waals surface area contributed by atoms with Crippen LogP contribution in [0.5, 0.6) is 0 Å². The van der Waals surface area contributed by atoms with E-state index in [-0.39, 0.29) is 50.1 Å². The van der Waals surface area contributed by atoms with E-state index in [4.69, 9.17) is 5.11 Å². The van der Waals surface area contributed by atoms with Crippen molar-refractivity contribution in [2.75, 3.05) is 72.5 Å². The van der Waals surface area contributed by atoms with Crippen molar-refractivity contribution in [3.05, 3.63) is 0 Å². The molecule has 11 nitrogen and oxygen atoms in total. The highest BCUT2D eigenvalue weighted by atomic mass is 16.4. The molecule has 188 valence electrons. The average molecular weight is 469 g/mol. The topological polar surface area (TPSA) is 134 Å². The predicted octanol–water partition coefficient (Wildman–Crippen LogP) is -1.31. The number of likely N-dealkylation sites (N-methyl/N-ethyl adjacent to an activating group) is 1. The maximum absolute atomic E-state index is 12.3. The van der Waals surface area contributed by atoms with Crippen molar-refractivity contribution in [1.82, 2.24) is 30.7 Å². The molecule has 0 aliphatic carbocycles. The van der Waals surface area contributed by atoms with E-state index < -0.39 is 5.97 Å². The number of nitrogens with one attached hydrogen (secondary N) is 3. The molecule has 1 atom stereocenters. The summed E-state index contributed by atoms with van der Waals surface area (Å²) in [5.41, 5.74) is 0. The SMILES string of the molecule is CN1CCN(CC2CCCN2CC(=O)NCCC(=O)NCCC(=O)NCCCC(=O)O)CC1. The molecule has 4 N–H and O–H groups in total. The van der Waals surface area contributed by atoms with Crippen molar-refractivity contribution in [1.29, 1.82) is 0 Å². The molecule has 11 heteroatoms. The second-order valence-electron chi connectivity index (χ2n) is 8.92. The lowest BCUT2D eigenvalue weighted by Gasteiger charge is -2.36. The molecule has 2 fully saturated rings. The molecule has 0 radical (unpaired) electrons. The second-order valence-corrected chi connectivity index (χ2v) is 8.92. The van der Waals surface area contributed by atoms with Crippen LogP contribution in [0.15, 0.2) is 0 Å². The zero-order valence-corrected chi connectivity index (χ0v) is 19.8. The summed E-state index contributed by atoms with van der Waals surface area (Å²) in [6.45, 7) is 7.42. The van der Waals surface area contributed by atoms with Crippen LogP contribution in [-0.2, 0) is 19.2 Å². The van der Waals surface area contributed by atoms with Crippen molar-refractivity contribution >= 4 is 23.7 Å². The summed E-state index contributed by atoms with van der Waals surface area (Å²) in [6.07, 6.45) is 2.92. The molecule has 1 unspecified atom stereocenters. The highest BCUT2D eigenvalue weighted by Gasteiger charge is 2.28. The highest BCUT2D eigenvalue weighted by Crippen LogP contribution is 2.18. The lowest BCUT2D eigenvalue weighted by atomic mass is 10.2. The predicted molar refractivity (Wildman–Crippen MR) is 124 cm³/mol. The number of nitrogens with zero attached hydrogens (tertiary/aromatic N) is 3. The molecule has 0 aromatic carbocycles. The number of hydrogen-bond acceptors (Lipinski definition) is 7. The van der Waals surface area contributed by atoms with Gasteiger partial charge < -0.3 is 26.0 Å². The minimum Gasteiger partial charge on any atom is -0.481 e. The van der Waals surface area contributed by atoms with E-state index in [1.165, 1.54) is 0 Å². The van der Waals surface area contributed by atoms with Crippen molar-refractivity contribution in [2.45, 2.75) is 44.6 Å². The fourth-order valence-corrected chi connectivity index (χ4v) is 4.15. The van der Waals surface area contributed by atoms with Gasteiger partial charge in [0.15, 0.2) is 0 Å². The summed E-state index contributed by atoms with van der Waals surface area (Å²) in [6, 6.07) is 0.415. The molecule has 0 saturated carbocycles. The molecule has 2 aliphatic heterocycles. The summed E-state index contributed by atoms with van der Waals surface area (Å²) >= 11 is 0. The Kier molecular flexibility index (Phi) is 12.1. The lowest BCUT2D eigenvalue weighted by molar-refractivity contribution is -0.137. The van der Waals surface area contributed by atoms with E-state index in [0.717, 1.165) is 52.1 Å². The Labute approximate surface area is 196 Å². The van der Waals surface area contributed by atoms with Crippen LogP contribution in [-0.4, -0.2) is 122 Å². The van der Waals surface area contributed by atoms with Crippen LogP contribution in [0.3, 0.4) is 0 Å². The van der Waals surface area contributed by atoms with E-state index in [1.54, 1.807) is 0 Å². The van der Waals surface area contributed by atoms with Crippen LogP contribution >= 0.6 is 0 Å². The number of carboxylic acid groups (broad SMARTS) is 1. The first-order chi connectivity index (χ1) is 15.8. The molecule has 2 rings (SSSR count). The van der Waals surface area contributed by atoms with Gasteiger partial charge in [0.2, 0.25) is 17.7 Å². The van der Waals surface area contributed by atoms with Gasteiger partial charge in [-0.25, -0.2) is 0 Å². The molecular weight excluding hydrogens is 428 g/mol. The van der Waals surface area contributed by atoms with Gasteiger partial charge in [-0.3, -0.25) is 29.0 Å². The fraction of sp³-hybridized carbons (Fsp3) is 0.818. The number of likely N-dealkylation sites (tertiary alicyclic amines) is 1. The van der Waals surface area contributed by atoms with Crippen LogP contribution < -0.4 is 16.0 Å². The Balaban J connectivity index is 1.52. The van der Waals surface area contributed by atoms with Gasteiger partial charge in [0, 0.05) is 77.7 Å². The van der Waals surface area contributed by atoms with E-state index in [9.17, 15) is 19.2 Å². The third-order valence-electron chi connectivity index (χ3n) is 6.15. The number of carbonyl (C=O) groups excluding carboxylic acids is 3. The molecule has 2 saturated heterocycles. The first-order valence-corrected chi connectivity index (χ1v) is 12.0. The van der Waals surface area contributed by atoms with Gasteiger partial charge in [-0.2, -0.15) is 0 Å². The van der Waals surface area contributed by atoms with Gasteiger partial charge >= 0.3 is 5.97 Å². The molecule has 0 aromatic rings. The highest BCUT2D eigenvalue weighted by molar-refractivity contribution is 5.81. The van der Waals surface area contributed by atoms with Gasteiger partial charge in [0.25, 0.3) is 0 Å². The summed E-state index contributed by atoms with van der Waals surface area (Å²) < 4.78 is 0. The largest absolute Gasteiger partial charge is 0.481 e. The van der Waals surface area contributed by atoms with Gasteiger partial charge in [0.05, 0.1) is 6.54 Å². The van der Waals surface area contributed by atoms with Crippen LogP contribution in [0.25, 0.3) is 0 Å². The van der Waals surface area contributed by atoms with Gasteiger partial charge in [-0.1, -0.05) is 0 Å². The summed E-state index contributed by atoms with van der Waals surface area (Å²) in [4.78, 5) is 53.4. The fourth-order valence-electron chi connectivity index (χ4n) is 4.15. The maximum Gasteiger partial charge on any atom is 0.303 e. The first kappa shape index (κ1) is 27.0. The Morgan fingerprint density at radius 2 is 1.42 bits per heavy atom. The standard InChI is InChI=1S/C22H40N6O5/c1-26-12-14-27(15-13-26)16-18-4-3-11-28(18)17-21(31)25-10-7-20(30)24-9-6-19(29)23-8-2-5-22(32)33/h18H,2-17H2,1H3,(H,23,29)(H,24,30)(H,25,31)(H,32,33). The molecule has 0 spiro atoms. The van der Waals surface area contributed by atoms with Crippen molar-refractivity contribution < 1.29 is 24.3 Å². The summed E-state index contributed by atoms with van der Waals surface area (Å²) in [5.74, 6) is -1.41. The third-order valence-corrected chi connectivity index (χ3v) is 6.15.